The zero-order valence-electron chi connectivity index (χ0n) is 5.87. The zero-order valence-corrected chi connectivity index (χ0v) is 8.02. The van der Waals surface area contributed by atoms with Crippen molar-refractivity contribution < 1.29 is 0 Å². The molecule has 56 valence electrons. The third-order valence-electron chi connectivity index (χ3n) is 1.34. The van der Waals surface area contributed by atoms with Crippen LogP contribution in [0.5, 0.6) is 0 Å². The fourth-order valence-corrected chi connectivity index (χ4v) is 1.38. The lowest BCUT2D eigenvalue weighted by Crippen LogP contribution is -1.87. The second-order valence-electron chi connectivity index (χ2n) is 2.11. The van der Waals surface area contributed by atoms with E-state index < -0.39 is 0 Å². The number of halogens is 1. The van der Waals surface area contributed by atoms with Crippen molar-refractivity contribution in [3.05, 3.63) is 30.1 Å². The lowest BCUT2D eigenvalue weighted by Gasteiger charge is -2.02. The molecule has 0 aliphatic heterocycles. The summed E-state index contributed by atoms with van der Waals surface area (Å²) in [6.45, 7) is 0. The monoisotopic (exact) mass is 258 g/mol. The van der Waals surface area contributed by atoms with Crippen molar-refractivity contribution in [1.82, 2.24) is 4.98 Å². The summed E-state index contributed by atoms with van der Waals surface area (Å²) in [6, 6.07) is 6.02. The van der Waals surface area contributed by atoms with Crippen molar-refractivity contribution in [3.63, 3.8) is 0 Å². The zero-order chi connectivity index (χ0) is 8.10. The maximum Gasteiger partial charge on any atom is 0.0636 e. The third kappa shape index (κ3) is 2.46. The lowest BCUT2D eigenvalue weighted by molar-refractivity contribution is 1.01. The fraction of sp³-hybridized carbons (Fsp3) is 0.250. The van der Waals surface area contributed by atoms with E-state index >= 15 is 0 Å². The molecule has 1 aromatic heterocycles. The number of hydrogen-bond acceptors (Lipinski definition) is 2. The summed E-state index contributed by atoms with van der Waals surface area (Å²) in [5.41, 5.74) is 1.17. The Morgan fingerprint density at radius 1 is 1.55 bits per heavy atom. The molecule has 0 aliphatic rings. The van der Waals surface area contributed by atoms with E-state index in [9.17, 15) is 0 Å². The molecule has 0 bridgehead atoms. The largest absolute Gasteiger partial charge is 0.265 e. The van der Waals surface area contributed by atoms with Crippen molar-refractivity contribution in [1.29, 1.82) is 5.26 Å². The van der Waals surface area contributed by atoms with Gasteiger partial charge in [-0.05, 0) is 17.7 Å². The van der Waals surface area contributed by atoms with E-state index in [0.717, 1.165) is 0 Å². The van der Waals surface area contributed by atoms with Crippen molar-refractivity contribution >= 4 is 22.6 Å². The number of alkyl halides is 1. The Hall–Kier alpha value is -0.630. The number of rotatable bonds is 2. The van der Waals surface area contributed by atoms with Gasteiger partial charge in [0, 0.05) is 16.3 Å². The molecule has 0 fully saturated rings. The van der Waals surface area contributed by atoms with Crippen LogP contribution in [0, 0.1) is 11.3 Å². The predicted octanol–water partition coefficient (Wildman–Crippen LogP) is 2.47. The van der Waals surface area contributed by atoms with Crippen LogP contribution in [0.4, 0.5) is 0 Å². The molecule has 0 saturated heterocycles. The van der Waals surface area contributed by atoms with Crippen molar-refractivity contribution in [3.8, 4) is 6.07 Å². The quantitative estimate of drug-likeness (QED) is 0.603. The van der Waals surface area contributed by atoms with Gasteiger partial charge in [-0.15, -0.1) is 0 Å². The minimum absolute atomic E-state index is 0.292. The van der Waals surface area contributed by atoms with E-state index in [1.165, 1.54) is 5.56 Å². The summed E-state index contributed by atoms with van der Waals surface area (Å²) >= 11 is 2.26. The number of aromatic nitrogens is 1. The molecular weight excluding hydrogens is 251 g/mol. The van der Waals surface area contributed by atoms with Crippen LogP contribution in [0.15, 0.2) is 24.5 Å². The molecular formula is C8H7IN2. The highest BCUT2D eigenvalue weighted by Gasteiger charge is 2.04. The van der Waals surface area contributed by atoms with Gasteiger partial charge in [0.15, 0.2) is 0 Å². The van der Waals surface area contributed by atoms with Gasteiger partial charge in [0.05, 0.1) is 12.5 Å². The number of pyridine rings is 1. The van der Waals surface area contributed by atoms with Gasteiger partial charge in [0.1, 0.15) is 0 Å². The highest BCUT2D eigenvalue weighted by molar-refractivity contribution is 14.1. The second-order valence-corrected chi connectivity index (χ2v) is 3.61. The topological polar surface area (TPSA) is 36.7 Å². The SMILES string of the molecule is N#CCC(I)c1ccncc1. The third-order valence-corrected chi connectivity index (χ3v) is 2.50. The van der Waals surface area contributed by atoms with Crippen LogP contribution in [-0.4, -0.2) is 4.98 Å². The molecule has 0 saturated carbocycles. The average molecular weight is 258 g/mol. The van der Waals surface area contributed by atoms with Crippen LogP contribution in [0.1, 0.15) is 15.9 Å². The van der Waals surface area contributed by atoms with Crippen LogP contribution in [0.2, 0.25) is 0 Å². The summed E-state index contributed by atoms with van der Waals surface area (Å²) < 4.78 is 0.292. The highest BCUT2D eigenvalue weighted by atomic mass is 127. The summed E-state index contributed by atoms with van der Waals surface area (Å²) in [7, 11) is 0. The van der Waals surface area contributed by atoms with Gasteiger partial charge in [0.25, 0.3) is 0 Å². The first-order valence-corrected chi connectivity index (χ1v) is 4.50. The van der Waals surface area contributed by atoms with E-state index in [-0.39, 0.29) is 0 Å². The molecule has 1 atom stereocenters. The molecule has 2 nitrogen and oxygen atoms in total. The Labute approximate surface area is 79.4 Å². The molecule has 1 unspecified atom stereocenters. The number of nitriles is 1. The van der Waals surface area contributed by atoms with E-state index in [1.54, 1.807) is 12.4 Å². The first kappa shape index (κ1) is 8.47. The minimum atomic E-state index is 0.292. The summed E-state index contributed by atoms with van der Waals surface area (Å²) in [5.74, 6) is 0. The maximum atomic E-state index is 8.43. The van der Waals surface area contributed by atoms with Gasteiger partial charge in [-0.3, -0.25) is 4.98 Å². The first-order valence-electron chi connectivity index (χ1n) is 3.25. The Bertz CT molecular complexity index is 253. The molecule has 0 radical (unpaired) electrons. The first-order chi connectivity index (χ1) is 5.34. The Morgan fingerprint density at radius 3 is 2.73 bits per heavy atom. The lowest BCUT2D eigenvalue weighted by atomic mass is 10.2. The van der Waals surface area contributed by atoms with Crippen LogP contribution in [0.3, 0.4) is 0 Å². The van der Waals surface area contributed by atoms with E-state index in [4.69, 9.17) is 5.26 Å². The molecule has 0 N–H and O–H groups in total. The molecule has 0 aromatic carbocycles. The Balaban J connectivity index is 2.70. The highest BCUT2D eigenvalue weighted by Crippen LogP contribution is 2.25. The van der Waals surface area contributed by atoms with E-state index in [0.29, 0.717) is 10.3 Å². The van der Waals surface area contributed by atoms with Gasteiger partial charge >= 0.3 is 0 Å². The van der Waals surface area contributed by atoms with Crippen LogP contribution >= 0.6 is 22.6 Å². The molecule has 1 rings (SSSR count). The molecule has 0 amide bonds. The Kier molecular flexibility index (Phi) is 3.30. The predicted molar refractivity (Wildman–Crippen MR) is 51.2 cm³/mol. The smallest absolute Gasteiger partial charge is 0.0636 e. The number of nitrogens with zero attached hydrogens (tertiary/aromatic N) is 2. The normalized spacial score (nSPS) is 12.0. The summed E-state index contributed by atoms with van der Waals surface area (Å²) in [4.78, 5) is 3.90. The molecule has 1 aromatic rings. The van der Waals surface area contributed by atoms with Gasteiger partial charge in [-0.2, -0.15) is 5.26 Å². The Morgan fingerprint density at radius 2 is 2.18 bits per heavy atom. The molecule has 0 aliphatic carbocycles. The van der Waals surface area contributed by atoms with E-state index in [2.05, 4.69) is 33.6 Å². The molecule has 0 spiro atoms. The molecule has 3 heteroatoms. The maximum absolute atomic E-state index is 8.43. The van der Waals surface area contributed by atoms with Gasteiger partial charge in [-0.25, -0.2) is 0 Å². The van der Waals surface area contributed by atoms with Crippen molar-refractivity contribution in [2.45, 2.75) is 10.3 Å². The average Bonchev–Trinajstić information content (AvgIpc) is 2.07. The number of hydrogen-bond donors (Lipinski definition) is 0. The van der Waals surface area contributed by atoms with Gasteiger partial charge in [0.2, 0.25) is 0 Å². The summed E-state index contributed by atoms with van der Waals surface area (Å²) in [5, 5.41) is 8.43. The molecule has 11 heavy (non-hydrogen) atoms. The second kappa shape index (κ2) is 4.29. The molecule has 1 heterocycles. The van der Waals surface area contributed by atoms with Crippen molar-refractivity contribution in [2.75, 3.05) is 0 Å². The van der Waals surface area contributed by atoms with Crippen LogP contribution in [-0.2, 0) is 0 Å². The van der Waals surface area contributed by atoms with Gasteiger partial charge in [-0.1, -0.05) is 22.6 Å². The van der Waals surface area contributed by atoms with Crippen molar-refractivity contribution in [2.24, 2.45) is 0 Å². The fourth-order valence-electron chi connectivity index (χ4n) is 0.770. The summed E-state index contributed by atoms with van der Waals surface area (Å²) in [6.07, 6.45) is 4.06. The van der Waals surface area contributed by atoms with Crippen LogP contribution in [0.25, 0.3) is 0 Å². The van der Waals surface area contributed by atoms with Gasteiger partial charge < -0.3 is 0 Å². The van der Waals surface area contributed by atoms with Crippen LogP contribution < -0.4 is 0 Å². The van der Waals surface area contributed by atoms with E-state index in [1.807, 2.05) is 12.1 Å². The standard InChI is InChI=1S/C8H7IN2/c9-8(1-4-10)7-2-5-11-6-3-7/h2-3,5-6,8H,1H2. The minimum Gasteiger partial charge on any atom is -0.265 e.